The van der Waals surface area contributed by atoms with Gasteiger partial charge < -0.3 is 25.5 Å². The Balaban J connectivity index is 1.68. The molecule has 10 atom stereocenters. The predicted octanol–water partition coefficient (Wildman–Crippen LogP) is 1.54. The van der Waals surface area contributed by atoms with Gasteiger partial charge in [-0.2, -0.15) is 0 Å². The van der Waals surface area contributed by atoms with Gasteiger partial charge in [-0.3, -0.25) is 0 Å². The lowest BCUT2D eigenvalue weighted by atomic mass is 9.43. The van der Waals surface area contributed by atoms with Crippen molar-refractivity contribution in [2.24, 2.45) is 34.5 Å². The first-order valence-corrected chi connectivity index (χ1v) is 10.5. The fraction of sp³-hybridized carbons (Fsp3) is 0.952. The van der Waals surface area contributed by atoms with Crippen LogP contribution in [0.2, 0.25) is 0 Å². The monoisotopic (exact) mass is 382 g/mol. The van der Waals surface area contributed by atoms with Gasteiger partial charge in [0.1, 0.15) is 5.60 Å². The van der Waals surface area contributed by atoms with Crippen LogP contribution in [0.1, 0.15) is 65.2 Å². The molecule has 4 aliphatic rings. The maximum atomic E-state index is 11.4. The number of hydrogen-bond acceptors (Lipinski definition) is 5. The van der Waals surface area contributed by atoms with Gasteiger partial charge in [-0.15, -0.1) is 0 Å². The third-order valence-electron chi connectivity index (χ3n) is 9.47. The number of rotatable bonds is 2. The van der Waals surface area contributed by atoms with Gasteiger partial charge in [-0.05, 0) is 80.5 Å². The molecule has 27 heavy (non-hydrogen) atoms. The highest BCUT2D eigenvalue weighted by molar-refractivity contribution is 5.74. The van der Waals surface area contributed by atoms with Crippen LogP contribution in [-0.2, 0) is 4.79 Å². The molecule has 154 valence electrons. The largest absolute Gasteiger partial charge is 0.479 e. The van der Waals surface area contributed by atoms with Crippen molar-refractivity contribution in [2.75, 3.05) is 0 Å². The van der Waals surface area contributed by atoms with Crippen molar-refractivity contribution in [1.82, 2.24) is 0 Å². The Labute approximate surface area is 160 Å². The quantitative estimate of drug-likeness (QED) is 0.494. The second-order valence-electron chi connectivity index (χ2n) is 10.4. The van der Waals surface area contributed by atoms with E-state index in [1.54, 1.807) is 0 Å². The second-order valence-corrected chi connectivity index (χ2v) is 10.4. The average Bonchev–Trinajstić information content (AvgIpc) is 2.86. The Kier molecular flexibility index (Phi) is 4.47. The molecule has 4 rings (SSSR count). The van der Waals surface area contributed by atoms with E-state index in [-0.39, 0.29) is 35.7 Å². The van der Waals surface area contributed by atoms with Crippen LogP contribution in [0, 0.1) is 34.5 Å². The summed E-state index contributed by atoms with van der Waals surface area (Å²) in [6, 6.07) is 0. The number of aliphatic hydroxyl groups is 4. The van der Waals surface area contributed by atoms with Crippen molar-refractivity contribution in [1.29, 1.82) is 0 Å². The number of carboxylic acids is 1. The zero-order valence-corrected chi connectivity index (χ0v) is 16.3. The molecule has 0 unspecified atom stereocenters. The zero-order valence-electron chi connectivity index (χ0n) is 16.3. The van der Waals surface area contributed by atoms with Crippen molar-refractivity contribution >= 4 is 5.97 Å². The van der Waals surface area contributed by atoms with Gasteiger partial charge in [0.15, 0.2) is 6.10 Å². The minimum Gasteiger partial charge on any atom is -0.479 e. The summed E-state index contributed by atoms with van der Waals surface area (Å²) in [5.41, 5.74) is -2.52. The van der Waals surface area contributed by atoms with Crippen LogP contribution in [0.25, 0.3) is 0 Å². The van der Waals surface area contributed by atoms with Crippen molar-refractivity contribution in [3.05, 3.63) is 0 Å². The molecule has 0 radical (unpaired) electrons. The van der Waals surface area contributed by atoms with Crippen LogP contribution < -0.4 is 0 Å². The molecule has 0 amide bonds. The molecule has 0 aromatic rings. The van der Waals surface area contributed by atoms with Gasteiger partial charge in [-0.1, -0.05) is 13.8 Å². The van der Waals surface area contributed by atoms with Crippen molar-refractivity contribution in [3.8, 4) is 0 Å². The van der Waals surface area contributed by atoms with Crippen molar-refractivity contribution in [3.63, 3.8) is 0 Å². The van der Waals surface area contributed by atoms with E-state index in [0.717, 1.165) is 32.1 Å². The predicted molar refractivity (Wildman–Crippen MR) is 97.7 cm³/mol. The van der Waals surface area contributed by atoms with Crippen LogP contribution in [0.4, 0.5) is 0 Å². The van der Waals surface area contributed by atoms with Gasteiger partial charge in [0.05, 0.1) is 12.2 Å². The normalized spacial score (nSPS) is 55.9. The summed E-state index contributed by atoms with van der Waals surface area (Å²) in [6.45, 7) is 4.13. The molecule has 4 aliphatic carbocycles. The lowest BCUT2D eigenvalue weighted by Gasteiger charge is -2.63. The molecule has 6 heteroatoms. The summed E-state index contributed by atoms with van der Waals surface area (Å²) in [5, 5.41) is 52.2. The molecule has 0 heterocycles. The van der Waals surface area contributed by atoms with Crippen LogP contribution in [0.3, 0.4) is 0 Å². The highest BCUT2D eigenvalue weighted by Gasteiger charge is 2.69. The molecule has 0 aromatic carbocycles. The molecule has 0 bridgehead atoms. The summed E-state index contributed by atoms with van der Waals surface area (Å²) in [5.74, 6) is -0.537. The smallest absolute Gasteiger partial charge is 0.335 e. The highest BCUT2D eigenvalue weighted by Crippen LogP contribution is 2.68. The summed E-state index contributed by atoms with van der Waals surface area (Å²) >= 11 is 0. The zero-order chi connectivity index (χ0) is 19.8. The van der Waals surface area contributed by atoms with E-state index in [0.29, 0.717) is 18.8 Å². The van der Waals surface area contributed by atoms with E-state index in [4.69, 9.17) is 0 Å². The van der Waals surface area contributed by atoms with E-state index in [9.17, 15) is 30.3 Å². The van der Waals surface area contributed by atoms with Gasteiger partial charge in [0, 0.05) is 5.41 Å². The Morgan fingerprint density at radius 2 is 1.78 bits per heavy atom. The first-order chi connectivity index (χ1) is 12.5. The Bertz CT molecular complexity index is 624. The summed E-state index contributed by atoms with van der Waals surface area (Å²) in [7, 11) is 0. The summed E-state index contributed by atoms with van der Waals surface area (Å²) < 4.78 is 0. The Morgan fingerprint density at radius 3 is 2.44 bits per heavy atom. The first kappa shape index (κ1) is 19.6. The van der Waals surface area contributed by atoms with E-state index in [1.807, 2.05) is 6.92 Å². The molecule has 0 aliphatic heterocycles. The topological polar surface area (TPSA) is 118 Å². The number of aliphatic hydroxyl groups excluding tert-OH is 3. The number of carboxylic acid groups (broad SMARTS) is 1. The molecule has 4 saturated carbocycles. The van der Waals surface area contributed by atoms with Crippen molar-refractivity contribution in [2.45, 2.75) is 89.1 Å². The van der Waals surface area contributed by atoms with Gasteiger partial charge in [0.2, 0.25) is 0 Å². The number of carbonyl (C=O) groups is 1. The molecule has 5 N–H and O–H groups in total. The third-order valence-corrected chi connectivity index (χ3v) is 9.47. The first-order valence-electron chi connectivity index (χ1n) is 10.5. The SMILES string of the molecule is C[C@]12CC[C@@H](O)C[C@H]1CC[C@@H]1[C@H]2[C@@H](O)C[C@@]2(C)[C@H]1CC[C@]2(O)[C@@H](O)C(=O)O. The second kappa shape index (κ2) is 6.15. The fourth-order valence-corrected chi connectivity index (χ4v) is 8.05. The number of aliphatic carboxylic acids is 1. The van der Waals surface area contributed by atoms with Crippen molar-refractivity contribution < 1.29 is 30.3 Å². The molecular formula is C21H34O6. The lowest BCUT2D eigenvalue weighted by Crippen LogP contribution is -2.64. The Morgan fingerprint density at radius 1 is 1.07 bits per heavy atom. The van der Waals surface area contributed by atoms with E-state index in [1.165, 1.54) is 0 Å². The Hall–Kier alpha value is -0.690. The number of hydrogen-bond donors (Lipinski definition) is 5. The third kappa shape index (κ3) is 2.49. The van der Waals surface area contributed by atoms with E-state index in [2.05, 4.69) is 6.92 Å². The standard InChI is InChI=1S/C21H34O6/c1-19-7-5-12(22)9-11(19)3-4-13-14-6-8-21(27,17(24)18(25)26)20(14,2)10-15(23)16(13)19/h11-17,22-24,27H,3-10H2,1-2H3,(H,25,26)/t11-,12-,13+,14+,15+,16+,17+,19+,20+,21+/m1/s1. The maximum Gasteiger partial charge on any atom is 0.335 e. The lowest BCUT2D eigenvalue weighted by molar-refractivity contribution is -0.223. The van der Waals surface area contributed by atoms with Crippen LogP contribution in [0.5, 0.6) is 0 Å². The summed E-state index contributed by atoms with van der Waals surface area (Å²) in [6.07, 6.45) is 3.01. The summed E-state index contributed by atoms with van der Waals surface area (Å²) in [4.78, 5) is 11.4. The average molecular weight is 382 g/mol. The highest BCUT2D eigenvalue weighted by atomic mass is 16.4. The minimum atomic E-state index is -1.83. The molecular weight excluding hydrogens is 348 g/mol. The van der Waals surface area contributed by atoms with E-state index >= 15 is 0 Å². The maximum absolute atomic E-state index is 11.4. The number of fused-ring (bicyclic) bond motifs is 5. The van der Waals surface area contributed by atoms with Crippen LogP contribution in [-0.4, -0.2) is 55.4 Å². The molecule has 0 aromatic heterocycles. The molecule has 0 spiro atoms. The molecule has 0 saturated heterocycles. The van der Waals surface area contributed by atoms with Crippen LogP contribution in [0.15, 0.2) is 0 Å². The minimum absolute atomic E-state index is 0.0188. The molecule has 6 nitrogen and oxygen atoms in total. The fourth-order valence-electron chi connectivity index (χ4n) is 8.05. The van der Waals surface area contributed by atoms with Gasteiger partial charge in [0.25, 0.3) is 0 Å². The van der Waals surface area contributed by atoms with E-state index < -0.39 is 29.2 Å². The van der Waals surface area contributed by atoms with Crippen LogP contribution >= 0.6 is 0 Å². The molecule has 4 fully saturated rings. The van der Waals surface area contributed by atoms with Gasteiger partial charge >= 0.3 is 5.97 Å². The van der Waals surface area contributed by atoms with Gasteiger partial charge in [-0.25, -0.2) is 4.79 Å².